The molecule has 0 bridgehead atoms. The van der Waals surface area contributed by atoms with Crippen LogP contribution in [0.3, 0.4) is 0 Å². The molecule has 11 aromatic carbocycles. The van der Waals surface area contributed by atoms with Gasteiger partial charge in [-0.2, -0.15) is 0 Å². The molecule has 1 aromatic heterocycles. The summed E-state index contributed by atoms with van der Waals surface area (Å²) in [6, 6.07) is 78.2. The van der Waals surface area contributed by atoms with Crippen LogP contribution < -0.4 is 0 Å². The van der Waals surface area contributed by atoms with Crippen LogP contribution in [0.25, 0.3) is 115 Å². The van der Waals surface area contributed by atoms with Crippen LogP contribution >= 0.6 is 0 Å². The Morgan fingerprint density at radius 1 is 0.246 bits per heavy atom. The average molecular weight is 722 g/mol. The highest BCUT2D eigenvalue weighted by Gasteiger charge is 2.19. The second kappa shape index (κ2) is 12.5. The van der Waals surface area contributed by atoms with E-state index in [9.17, 15) is 0 Å². The minimum atomic E-state index is 1.17. The zero-order chi connectivity index (χ0) is 37.5. The van der Waals surface area contributed by atoms with E-state index in [-0.39, 0.29) is 0 Å². The number of hydrogen-bond donors (Lipinski definition) is 0. The van der Waals surface area contributed by atoms with E-state index in [0.29, 0.717) is 0 Å². The van der Waals surface area contributed by atoms with Crippen LogP contribution in [-0.2, 0) is 0 Å². The van der Waals surface area contributed by atoms with Crippen molar-refractivity contribution in [3.63, 3.8) is 0 Å². The topological polar surface area (TPSA) is 4.93 Å². The Bertz CT molecular complexity index is 3540. The van der Waals surface area contributed by atoms with Crippen molar-refractivity contribution in [2.24, 2.45) is 0 Å². The molecule has 0 aliphatic heterocycles. The van der Waals surface area contributed by atoms with Crippen molar-refractivity contribution in [1.29, 1.82) is 0 Å². The van der Waals surface area contributed by atoms with Crippen LogP contribution in [0.1, 0.15) is 0 Å². The number of fused-ring (bicyclic) bond motifs is 14. The lowest BCUT2D eigenvalue weighted by Gasteiger charge is -2.18. The first-order valence-electron chi connectivity index (χ1n) is 19.8. The van der Waals surface area contributed by atoms with Gasteiger partial charge in [0, 0.05) is 22.0 Å². The molecule has 12 rings (SSSR count). The molecule has 0 aliphatic rings. The molecule has 0 aliphatic carbocycles. The molecule has 0 unspecified atom stereocenters. The lowest BCUT2D eigenvalue weighted by atomic mass is 9.85. The second-order valence-electron chi connectivity index (χ2n) is 15.2. The number of rotatable bonds is 4. The van der Waals surface area contributed by atoms with E-state index in [0.717, 1.165) is 0 Å². The summed E-state index contributed by atoms with van der Waals surface area (Å²) in [6.07, 6.45) is 0. The van der Waals surface area contributed by atoms with Crippen molar-refractivity contribution in [2.75, 3.05) is 0 Å². The molecule has 1 heterocycles. The molecule has 0 saturated heterocycles. The molecule has 0 N–H and O–H groups in total. The molecule has 264 valence electrons. The van der Waals surface area contributed by atoms with E-state index in [1.165, 1.54) is 115 Å². The van der Waals surface area contributed by atoms with Gasteiger partial charge in [-0.05, 0) is 112 Å². The summed E-state index contributed by atoms with van der Waals surface area (Å²) in [4.78, 5) is 0. The first kappa shape index (κ1) is 31.8. The Labute approximate surface area is 330 Å². The zero-order valence-corrected chi connectivity index (χ0v) is 31.2. The maximum Gasteiger partial charge on any atom is 0.0619 e. The van der Waals surface area contributed by atoms with Crippen LogP contribution in [-0.4, -0.2) is 4.57 Å². The van der Waals surface area contributed by atoms with Gasteiger partial charge in [0.05, 0.1) is 11.0 Å². The van der Waals surface area contributed by atoms with E-state index in [1.807, 2.05) is 0 Å². The van der Waals surface area contributed by atoms with E-state index >= 15 is 0 Å². The average Bonchev–Trinajstić information content (AvgIpc) is 3.64. The summed E-state index contributed by atoms with van der Waals surface area (Å²) in [5.41, 5.74) is 10.9. The quantitative estimate of drug-likeness (QED) is 0.160. The monoisotopic (exact) mass is 721 g/mol. The first-order chi connectivity index (χ1) is 28.3. The van der Waals surface area contributed by atoms with Gasteiger partial charge in [0.2, 0.25) is 0 Å². The zero-order valence-electron chi connectivity index (χ0n) is 31.2. The van der Waals surface area contributed by atoms with Crippen molar-refractivity contribution < 1.29 is 0 Å². The van der Waals surface area contributed by atoms with Gasteiger partial charge in [-0.3, -0.25) is 0 Å². The second-order valence-corrected chi connectivity index (χ2v) is 15.2. The number of aromatic nitrogens is 1. The lowest BCUT2D eigenvalue weighted by molar-refractivity contribution is 1.18. The number of benzene rings is 11. The summed E-state index contributed by atoms with van der Waals surface area (Å²) in [6.45, 7) is 0. The SMILES string of the molecule is c1ccc(-c2ccc3c(c2)c2ccccc2c2c4ccc(-c5ccc(-c6cccc7c8ccccc8n(-c8ccccc8)c67)cc5)cc4c4ccccc4c32)cc1. The van der Waals surface area contributed by atoms with Crippen molar-refractivity contribution in [3.8, 4) is 39.1 Å². The van der Waals surface area contributed by atoms with Gasteiger partial charge in [0.25, 0.3) is 0 Å². The molecule has 0 amide bonds. The van der Waals surface area contributed by atoms with Gasteiger partial charge in [-0.1, -0.05) is 182 Å². The Hall–Kier alpha value is -7.48. The first-order valence-corrected chi connectivity index (χ1v) is 19.8. The Kier molecular flexibility index (Phi) is 7.00. The molecule has 12 aromatic rings. The number of para-hydroxylation sites is 3. The third-order valence-corrected chi connectivity index (χ3v) is 12.1. The summed E-state index contributed by atoms with van der Waals surface area (Å²) in [5.74, 6) is 0. The highest BCUT2D eigenvalue weighted by molar-refractivity contribution is 6.39. The standard InChI is InChI=1S/C56H35N/c1-3-14-36(15-4-1)39-30-32-48-51(34-39)43-18-7-9-21-46(43)55-49-33-31-40(35-52(49)44-19-8-10-22-47(44)54(48)55)37-26-28-38(29-27-37)42-23-13-24-50-45-20-11-12-25-53(45)57(56(42)50)41-16-5-2-6-17-41/h1-35H. The Morgan fingerprint density at radius 3 is 1.30 bits per heavy atom. The van der Waals surface area contributed by atoms with E-state index in [1.54, 1.807) is 0 Å². The van der Waals surface area contributed by atoms with Crippen molar-refractivity contribution >= 4 is 75.7 Å². The Balaban J connectivity index is 1.04. The van der Waals surface area contributed by atoms with Crippen LogP contribution in [0.4, 0.5) is 0 Å². The van der Waals surface area contributed by atoms with Crippen molar-refractivity contribution in [3.05, 3.63) is 212 Å². The fourth-order valence-electron chi connectivity index (χ4n) is 9.60. The fourth-order valence-corrected chi connectivity index (χ4v) is 9.60. The molecule has 0 atom stereocenters. The van der Waals surface area contributed by atoms with Gasteiger partial charge in [0.15, 0.2) is 0 Å². The summed E-state index contributed by atoms with van der Waals surface area (Å²) in [7, 11) is 0. The summed E-state index contributed by atoms with van der Waals surface area (Å²) in [5, 5.41) is 15.5. The summed E-state index contributed by atoms with van der Waals surface area (Å²) >= 11 is 0. The minimum Gasteiger partial charge on any atom is -0.309 e. The van der Waals surface area contributed by atoms with Crippen LogP contribution in [0, 0.1) is 0 Å². The minimum absolute atomic E-state index is 1.17. The Morgan fingerprint density at radius 2 is 0.684 bits per heavy atom. The molecular weight excluding hydrogens is 687 g/mol. The van der Waals surface area contributed by atoms with Gasteiger partial charge in [0.1, 0.15) is 0 Å². The molecule has 0 spiro atoms. The smallest absolute Gasteiger partial charge is 0.0619 e. The maximum atomic E-state index is 2.42. The normalized spacial score (nSPS) is 11.9. The van der Waals surface area contributed by atoms with Gasteiger partial charge in [-0.25, -0.2) is 0 Å². The molecule has 57 heavy (non-hydrogen) atoms. The molecule has 0 saturated carbocycles. The highest BCUT2D eigenvalue weighted by Crippen LogP contribution is 2.46. The van der Waals surface area contributed by atoms with E-state index in [4.69, 9.17) is 0 Å². The van der Waals surface area contributed by atoms with Gasteiger partial charge in [-0.15, -0.1) is 0 Å². The van der Waals surface area contributed by atoms with Gasteiger partial charge >= 0.3 is 0 Å². The summed E-state index contributed by atoms with van der Waals surface area (Å²) < 4.78 is 2.42. The third-order valence-electron chi connectivity index (χ3n) is 12.1. The lowest BCUT2D eigenvalue weighted by Crippen LogP contribution is -1.95. The number of nitrogens with zero attached hydrogens (tertiary/aromatic N) is 1. The predicted molar refractivity (Wildman–Crippen MR) is 245 cm³/mol. The van der Waals surface area contributed by atoms with E-state index < -0.39 is 0 Å². The van der Waals surface area contributed by atoms with Crippen LogP contribution in [0.15, 0.2) is 212 Å². The van der Waals surface area contributed by atoms with E-state index in [2.05, 4.69) is 217 Å². The fraction of sp³-hybridized carbons (Fsp3) is 0. The maximum absolute atomic E-state index is 2.42. The number of hydrogen-bond acceptors (Lipinski definition) is 0. The third kappa shape index (κ3) is 4.83. The molecule has 1 nitrogen and oxygen atoms in total. The molecule has 0 radical (unpaired) electrons. The largest absolute Gasteiger partial charge is 0.309 e. The predicted octanol–water partition coefficient (Wildman–Crippen LogP) is 15.6. The highest BCUT2D eigenvalue weighted by atomic mass is 15.0. The van der Waals surface area contributed by atoms with Crippen molar-refractivity contribution in [1.82, 2.24) is 4.57 Å². The molecule has 1 heteroatoms. The molecular formula is C56H35N. The van der Waals surface area contributed by atoms with Gasteiger partial charge < -0.3 is 4.57 Å². The van der Waals surface area contributed by atoms with Crippen LogP contribution in [0.2, 0.25) is 0 Å². The molecule has 0 fully saturated rings. The van der Waals surface area contributed by atoms with Crippen LogP contribution in [0.5, 0.6) is 0 Å². The van der Waals surface area contributed by atoms with Crippen molar-refractivity contribution in [2.45, 2.75) is 0 Å².